The first-order valence-electron chi connectivity index (χ1n) is 14.0. The van der Waals surface area contributed by atoms with E-state index in [0.717, 1.165) is 75.6 Å². The summed E-state index contributed by atoms with van der Waals surface area (Å²) in [4.78, 5) is 34.0. The molecular formula is C29H39N5O4. The minimum Gasteiger partial charge on any atom is -0.480 e. The molecule has 0 saturated carbocycles. The third kappa shape index (κ3) is 6.82. The van der Waals surface area contributed by atoms with E-state index < -0.39 is 12.0 Å². The van der Waals surface area contributed by atoms with E-state index in [1.165, 1.54) is 12.0 Å². The Morgan fingerprint density at radius 3 is 2.74 bits per heavy atom. The number of nitrogens with zero attached hydrogens (tertiary/aromatic N) is 3. The van der Waals surface area contributed by atoms with Crippen LogP contribution in [0.15, 0.2) is 36.4 Å². The van der Waals surface area contributed by atoms with E-state index in [1.54, 1.807) is 12.1 Å². The zero-order chi connectivity index (χ0) is 26.3. The van der Waals surface area contributed by atoms with Gasteiger partial charge >= 0.3 is 5.97 Å². The number of likely N-dealkylation sites (tertiary alicyclic amines) is 1. The van der Waals surface area contributed by atoms with Crippen LogP contribution in [0.1, 0.15) is 47.3 Å². The van der Waals surface area contributed by atoms with Crippen molar-refractivity contribution in [3.05, 3.63) is 53.2 Å². The summed E-state index contributed by atoms with van der Waals surface area (Å²) < 4.78 is 5.39. The number of hydrogen-bond acceptors (Lipinski definition) is 7. The van der Waals surface area contributed by atoms with Gasteiger partial charge in [0.05, 0.1) is 13.2 Å². The smallest absolute Gasteiger partial charge is 0.326 e. The number of aliphatic carboxylic acids is 1. The minimum atomic E-state index is -0.994. The molecule has 1 amide bonds. The molecule has 2 aromatic rings. The summed E-state index contributed by atoms with van der Waals surface area (Å²) in [7, 11) is 0. The topological polar surface area (TPSA) is 107 Å². The number of carbonyl (C=O) groups is 2. The van der Waals surface area contributed by atoms with Gasteiger partial charge in [-0.3, -0.25) is 4.79 Å². The molecule has 204 valence electrons. The highest BCUT2D eigenvalue weighted by Crippen LogP contribution is 2.24. The molecule has 3 N–H and O–H groups in total. The van der Waals surface area contributed by atoms with Crippen molar-refractivity contribution >= 4 is 23.4 Å². The van der Waals surface area contributed by atoms with Gasteiger partial charge in [0.25, 0.3) is 5.91 Å². The predicted octanol–water partition coefficient (Wildman–Crippen LogP) is 2.80. The van der Waals surface area contributed by atoms with E-state index >= 15 is 0 Å². The molecular weight excluding hydrogens is 482 g/mol. The van der Waals surface area contributed by atoms with Crippen LogP contribution in [-0.2, 0) is 22.4 Å². The summed E-state index contributed by atoms with van der Waals surface area (Å²) in [6.07, 6.45) is 5.82. The molecule has 3 aliphatic rings. The van der Waals surface area contributed by atoms with E-state index in [4.69, 9.17) is 9.72 Å². The number of aryl methyl sites for hydroxylation is 2. The number of nitrogens with one attached hydrogen (secondary N) is 2. The third-order valence-corrected chi connectivity index (χ3v) is 7.97. The Labute approximate surface area is 224 Å². The van der Waals surface area contributed by atoms with Crippen LogP contribution in [0.25, 0.3) is 0 Å². The molecule has 3 aliphatic heterocycles. The molecule has 9 nitrogen and oxygen atoms in total. The quantitative estimate of drug-likeness (QED) is 0.438. The molecule has 0 aliphatic carbocycles. The first-order valence-corrected chi connectivity index (χ1v) is 14.0. The molecule has 0 spiro atoms. The molecule has 9 heteroatoms. The zero-order valence-electron chi connectivity index (χ0n) is 22.0. The number of rotatable bonds is 10. The Hall–Kier alpha value is -3.17. The molecule has 2 atom stereocenters. The number of fused-ring (bicyclic) bond motifs is 1. The molecule has 1 aromatic carbocycles. The van der Waals surface area contributed by atoms with Crippen LogP contribution < -0.4 is 15.5 Å². The van der Waals surface area contributed by atoms with Gasteiger partial charge in [0.1, 0.15) is 11.9 Å². The van der Waals surface area contributed by atoms with Crippen LogP contribution in [0.2, 0.25) is 0 Å². The molecule has 2 saturated heterocycles. The largest absolute Gasteiger partial charge is 0.480 e. The number of carboxylic acid groups (broad SMARTS) is 1. The van der Waals surface area contributed by atoms with Crippen LogP contribution in [0, 0.1) is 5.92 Å². The second kappa shape index (κ2) is 12.6. The highest BCUT2D eigenvalue weighted by atomic mass is 16.5. The maximum atomic E-state index is 12.8. The SMILES string of the molecule is O=C(NC(CCN1CCC(CCc2ccc3c(n2)NCCC3)C1)C(=O)O)c1ccc(N2CCOCC2)cc1. The van der Waals surface area contributed by atoms with Gasteiger partial charge < -0.3 is 30.3 Å². The van der Waals surface area contributed by atoms with Gasteiger partial charge in [-0.2, -0.15) is 0 Å². The fourth-order valence-electron chi connectivity index (χ4n) is 5.67. The first-order chi connectivity index (χ1) is 18.5. The highest BCUT2D eigenvalue weighted by molar-refractivity contribution is 5.96. The Bertz CT molecular complexity index is 1100. The molecule has 4 heterocycles. The van der Waals surface area contributed by atoms with Crippen LogP contribution in [-0.4, -0.2) is 85.4 Å². The number of anilines is 2. The molecule has 0 bridgehead atoms. The second-order valence-electron chi connectivity index (χ2n) is 10.6. The highest BCUT2D eigenvalue weighted by Gasteiger charge is 2.26. The van der Waals surface area contributed by atoms with Crippen molar-refractivity contribution < 1.29 is 19.4 Å². The predicted molar refractivity (Wildman–Crippen MR) is 147 cm³/mol. The van der Waals surface area contributed by atoms with E-state index in [1.807, 2.05) is 12.1 Å². The summed E-state index contributed by atoms with van der Waals surface area (Å²) in [5, 5.41) is 15.9. The zero-order valence-corrected chi connectivity index (χ0v) is 22.0. The molecule has 2 fully saturated rings. The Kier molecular flexibility index (Phi) is 8.75. The normalized spacial score (nSPS) is 20.4. The molecule has 1 aromatic heterocycles. The van der Waals surface area contributed by atoms with Crippen LogP contribution in [0.4, 0.5) is 11.5 Å². The van der Waals surface area contributed by atoms with Crippen molar-refractivity contribution in [1.29, 1.82) is 0 Å². The number of aromatic nitrogens is 1. The van der Waals surface area contributed by atoms with Crippen molar-refractivity contribution in [2.24, 2.45) is 5.92 Å². The number of ether oxygens (including phenoxy) is 1. The maximum Gasteiger partial charge on any atom is 0.326 e. The van der Waals surface area contributed by atoms with Gasteiger partial charge in [0.2, 0.25) is 0 Å². The van der Waals surface area contributed by atoms with Crippen LogP contribution in [0.5, 0.6) is 0 Å². The lowest BCUT2D eigenvalue weighted by molar-refractivity contribution is -0.139. The van der Waals surface area contributed by atoms with Gasteiger partial charge in [-0.05, 0) is 86.9 Å². The fraction of sp³-hybridized carbons (Fsp3) is 0.552. The first kappa shape index (κ1) is 26.4. The number of pyridine rings is 1. The van der Waals surface area contributed by atoms with E-state index in [2.05, 4.69) is 32.6 Å². The number of benzene rings is 1. The third-order valence-electron chi connectivity index (χ3n) is 7.97. The van der Waals surface area contributed by atoms with Gasteiger partial charge in [0.15, 0.2) is 0 Å². The number of carbonyl (C=O) groups excluding carboxylic acids is 1. The van der Waals surface area contributed by atoms with Crippen molar-refractivity contribution in [3.63, 3.8) is 0 Å². The van der Waals surface area contributed by atoms with E-state index in [-0.39, 0.29) is 5.91 Å². The van der Waals surface area contributed by atoms with Gasteiger partial charge in [-0.1, -0.05) is 6.07 Å². The van der Waals surface area contributed by atoms with E-state index in [9.17, 15) is 14.7 Å². The fourth-order valence-corrected chi connectivity index (χ4v) is 5.67. The maximum absolute atomic E-state index is 12.8. The average Bonchev–Trinajstić information content (AvgIpc) is 3.42. The molecule has 38 heavy (non-hydrogen) atoms. The lowest BCUT2D eigenvalue weighted by Gasteiger charge is -2.28. The van der Waals surface area contributed by atoms with Crippen LogP contribution >= 0.6 is 0 Å². The monoisotopic (exact) mass is 521 g/mol. The summed E-state index contributed by atoms with van der Waals surface area (Å²) in [5.74, 6) is 0.295. The lowest BCUT2D eigenvalue weighted by atomic mass is 10.00. The van der Waals surface area contributed by atoms with Crippen molar-refractivity contribution in [2.45, 2.75) is 44.6 Å². The summed E-state index contributed by atoms with van der Waals surface area (Å²) in [5.41, 5.74) is 3.98. The van der Waals surface area contributed by atoms with E-state index in [0.29, 0.717) is 37.7 Å². The van der Waals surface area contributed by atoms with Crippen LogP contribution in [0.3, 0.4) is 0 Å². The summed E-state index contributed by atoms with van der Waals surface area (Å²) in [6.45, 7) is 6.64. The summed E-state index contributed by atoms with van der Waals surface area (Å²) >= 11 is 0. The lowest BCUT2D eigenvalue weighted by Crippen LogP contribution is -2.43. The number of carboxylic acids is 1. The van der Waals surface area contributed by atoms with Gasteiger partial charge in [0, 0.05) is 49.7 Å². The van der Waals surface area contributed by atoms with Gasteiger partial charge in [-0.25, -0.2) is 9.78 Å². The average molecular weight is 522 g/mol. The number of amides is 1. The van der Waals surface area contributed by atoms with Crippen molar-refractivity contribution in [3.8, 4) is 0 Å². The summed E-state index contributed by atoms with van der Waals surface area (Å²) in [6, 6.07) is 10.8. The van der Waals surface area contributed by atoms with Gasteiger partial charge in [-0.15, -0.1) is 0 Å². The van der Waals surface area contributed by atoms with Crippen molar-refractivity contribution in [1.82, 2.24) is 15.2 Å². The number of morpholine rings is 1. The standard InChI is InChI=1S/C29H39N5O4/c35-28(23-5-9-25(10-6-23)34-16-18-38-19-17-34)32-26(29(36)37)12-15-33-14-11-21(20-33)3-7-24-8-4-22-2-1-13-30-27(22)31-24/h4-6,8-10,21,26H,1-3,7,11-20H2,(H,30,31)(H,32,35)(H,36,37). The minimum absolute atomic E-state index is 0.350. The van der Waals surface area contributed by atoms with Crippen molar-refractivity contribution in [2.75, 3.05) is 62.7 Å². The second-order valence-corrected chi connectivity index (χ2v) is 10.6. The Morgan fingerprint density at radius 1 is 1.13 bits per heavy atom. The molecule has 0 radical (unpaired) electrons. The Morgan fingerprint density at radius 2 is 1.95 bits per heavy atom. The molecule has 2 unspecified atom stereocenters. The Balaban J connectivity index is 1.06. The molecule has 5 rings (SSSR count). The number of hydrogen-bond donors (Lipinski definition) is 3.